The first-order valence-electron chi connectivity index (χ1n) is 27.2. The number of esters is 1. The van der Waals surface area contributed by atoms with Gasteiger partial charge in [0.25, 0.3) is 0 Å². The number of carbonyl (C=O) groups is 2. The zero-order valence-corrected chi connectivity index (χ0v) is 48.3. The van der Waals surface area contributed by atoms with Crippen molar-refractivity contribution in [2.24, 2.45) is 29.6 Å². The van der Waals surface area contributed by atoms with E-state index in [2.05, 4.69) is 17.1 Å². The number of carbonyl (C=O) groups excluding carboxylic acids is 2. The van der Waals surface area contributed by atoms with E-state index in [1.54, 1.807) is 59.1 Å². The highest BCUT2D eigenvalue weighted by atomic mass is 32.2. The highest BCUT2D eigenvalue weighted by molar-refractivity contribution is 7.90. The van der Waals surface area contributed by atoms with Gasteiger partial charge in [0.1, 0.15) is 30.0 Å². The minimum absolute atomic E-state index is 0.0115. The van der Waals surface area contributed by atoms with Crippen LogP contribution in [0.1, 0.15) is 120 Å². The molecule has 1 aromatic carbocycles. The lowest BCUT2D eigenvalue weighted by atomic mass is 9.77. The van der Waals surface area contributed by atoms with Crippen molar-refractivity contribution in [2.45, 2.75) is 222 Å². The minimum Gasteiger partial charge on any atom is -0.459 e. The molecule has 3 saturated heterocycles. The molecule has 3 aliphatic heterocycles. The summed E-state index contributed by atoms with van der Waals surface area (Å²) >= 11 is 0. The second-order valence-electron chi connectivity index (χ2n) is 23.6. The second kappa shape index (κ2) is 26.2. The van der Waals surface area contributed by atoms with Gasteiger partial charge >= 0.3 is 5.97 Å². The predicted molar refractivity (Wildman–Crippen MR) is 281 cm³/mol. The average molecular weight is 1090 g/mol. The molecular formula is C55H95N3O16S. The van der Waals surface area contributed by atoms with Crippen LogP contribution in [0.5, 0.6) is 0 Å². The molecule has 432 valence electrons. The molecule has 1 saturated carbocycles. The zero-order valence-electron chi connectivity index (χ0n) is 47.5. The van der Waals surface area contributed by atoms with Crippen LogP contribution in [-0.4, -0.2) is 206 Å². The summed E-state index contributed by atoms with van der Waals surface area (Å²) in [5.74, 6) is -2.91. The van der Waals surface area contributed by atoms with Gasteiger partial charge in [-0.05, 0) is 137 Å². The number of amides is 1. The van der Waals surface area contributed by atoms with Gasteiger partial charge in [-0.3, -0.25) is 9.59 Å². The Bertz CT molecular complexity index is 2100. The molecular weight excluding hydrogens is 991 g/mol. The highest BCUT2D eigenvalue weighted by Crippen LogP contribution is 2.43. The van der Waals surface area contributed by atoms with Crippen molar-refractivity contribution in [1.82, 2.24) is 15.1 Å². The van der Waals surface area contributed by atoms with Gasteiger partial charge in [-0.2, -0.15) is 0 Å². The lowest BCUT2D eigenvalue weighted by Gasteiger charge is -2.49. The summed E-state index contributed by atoms with van der Waals surface area (Å²) < 4.78 is 69.0. The first kappa shape index (κ1) is 63.4. The molecule has 3 heterocycles. The zero-order chi connectivity index (χ0) is 56.1. The van der Waals surface area contributed by atoms with E-state index in [0.29, 0.717) is 51.6 Å². The number of aryl methyl sites for hydroxylation is 1. The number of aliphatic hydroxyl groups excluding tert-OH is 4. The van der Waals surface area contributed by atoms with Crippen molar-refractivity contribution >= 4 is 21.7 Å². The normalized spacial score (nSPS) is 41.3. The maximum absolute atomic E-state index is 14.6. The van der Waals surface area contributed by atoms with E-state index in [9.17, 15) is 43.5 Å². The van der Waals surface area contributed by atoms with E-state index in [1.807, 2.05) is 46.7 Å². The fourth-order valence-corrected chi connectivity index (χ4v) is 12.7. The van der Waals surface area contributed by atoms with Crippen molar-refractivity contribution in [3.8, 4) is 0 Å². The Morgan fingerprint density at radius 3 is 2.17 bits per heavy atom. The Balaban J connectivity index is 1.38. The predicted octanol–water partition coefficient (Wildman–Crippen LogP) is 3.46. The second-order valence-corrected chi connectivity index (χ2v) is 25.6. The van der Waals surface area contributed by atoms with Gasteiger partial charge in [0, 0.05) is 63.9 Å². The van der Waals surface area contributed by atoms with Crippen LogP contribution in [0.4, 0.5) is 0 Å². The molecule has 1 aliphatic carbocycles. The van der Waals surface area contributed by atoms with Crippen LogP contribution in [0.15, 0.2) is 29.2 Å². The molecule has 1 unspecified atom stereocenters. The number of benzene rings is 1. The molecule has 1 amide bonds. The van der Waals surface area contributed by atoms with Crippen molar-refractivity contribution < 1.29 is 76.7 Å². The Morgan fingerprint density at radius 2 is 1.59 bits per heavy atom. The standard InChI is InChI=1S/C55H95N3O16S/c1-16-43-55(10,65)47(61)35(6)57(11)28-31(2)26-54(9,69-14)49(33(4)46(34(5)51(64)72-43)73-44-27-53(8,68-13)48(62)36(7)71-44)74-52-45(60)42(24-32(3)70-52)58(12)29-38-25-41(38)50(63)56-39(30-59)19-17-18-37-20-22-40(23-21-37)75(15,66)67/h20-23,31-36,38-39,41-49,52,59-62,65H,16-19,24-30H2,1-15H3,(H,56,63)/t31-,32-,33+,34-,35-,36+,38?,39+,41+,42+,43-,44+,45-,46+,47-,48+,49-,52+,53-,54-,55-/m1/s1. The van der Waals surface area contributed by atoms with Crippen LogP contribution < -0.4 is 5.32 Å². The van der Waals surface area contributed by atoms with E-state index in [-0.39, 0.29) is 54.1 Å². The molecule has 6 N–H and O–H groups in total. The lowest BCUT2D eigenvalue weighted by Crippen LogP contribution is -2.61. The van der Waals surface area contributed by atoms with E-state index >= 15 is 0 Å². The first-order valence-corrected chi connectivity index (χ1v) is 29.1. The topological polar surface area (TPSA) is 253 Å². The number of hydrogen-bond donors (Lipinski definition) is 6. The number of hydrogen-bond acceptors (Lipinski definition) is 18. The Morgan fingerprint density at radius 1 is 0.947 bits per heavy atom. The van der Waals surface area contributed by atoms with Crippen LogP contribution in [0.25, 0.3) is 0 Å². The van der Waals surface area contributed by atoms with Gasteiger partial charge in [0.2, 0.25) is 5.91 Å². The number of rotatable bonds is 18. The highest BCUT2D eigenvalue weighted by Gasteiger charge is 2.54. The number of methoxy groups -OCH3 is 2. The summed E-state index contributed by atoms with van der Waals surface area (Å²) in [5, 5.41) is 60.4. The number of nitrogens with zero attached hydrogens (tertiary/aromatic N) is 2. The summed E-state index contributed by atoms with van der Waals surface area (Å²) in [5.41, 5.74) is -3.05. The third-order valence-electron chi connectivity index (χ3n) is 17.3. The van der Waals surface area contributed by atoms with Crippen LogP contribution in [0.2, 0.25) is 0 Å². The summed E-state index contributed by atoms with van der Waals surface area (Å²) in [4.78, 5) is 32.4. The maximum Gasteiger partial charge on any atom is 0.311 e. The summed E-state index contributed by atoms with van der Waals surface area (Å²) in [6, 6.07) is 5.32. The molecule has 4 aliphatic rings. The van der Waals surface area contributed by atoms with Gasteiger partial charge < -0.3 is 73.8 Å². The van der Waals surface area contributed by atoms with Gasteiger partial charge in [0.15, 0.2) is 22.4 Å². The molecule has 4 fully saturated rings. The van der Waals surface area contributed by atoms with Gasteiger partial charge in [-0.1, -0.05) is 32.9 Å². The smallest absolute Gasteiger partial charge is 0.311 e. The molecule has 20 heteroatoms. The van der Waals surface area contributed by atoms with Crippen molar-refractivity contribution in [3.05, 3.63) is 29.8 Å². The number of likely N-dealkylation sites (N-methyl/N-ethyl adjacent to an activating group) is 2. The van der Waals surface area contributed by atoms with Gasteiger partial charge in [-0.25, -0.2) is 8.42 Å². The Hall–Kier alpha value is -2.41. The van der Waals surface area contributed by atoms with E-state index in [4.69, 9.17) is 33.2 Å². The van der Waals surface area contributed by atoms with Crippen LogP contribution >= 0.6 is 0 Å². The molecule has 0 radical (unpaired) electrons. The average Bonchev–Trinajstić information content (AvgIpc) is 4.13. The van der Waals surface area contributed by atoms with Crippen molar-refractivity contribution in [2.75, 3.05) is 54.3 Å². The Labute approximate surface area is 447 Å². The third kappa shape index (κ3) is 15.5. The molecule has 5 rings (SSSR count). The molecule has 1 aromatic rings. The third-order valence-corrected chi connectivity index (χ3v) is 18.4. The van der Waals surface area contributed by atoms with Crippen molar-refractivity contribution in [3.63, 3.8) is 0 Å². The lowest BCUT2D eigenvalue weighted by molar-refractivity contribution is -0.319. The molecule has 75 heavy (non-hydrogen) atoms. The van der Waals surface area contributed by atoms with Crippen molar-refractivity contribution in [1.29, 1.82) is 0 Å². The summed E-state index contributed by atoms with van der Waals surface area (Å²) in [6.45, 7) is 18.9. The Kier molecular flexibility index (Phi) is 22.2. The maximum atomic E-state index is 14.6. The fourth-order valence-electron chi connectivity index (χ4n) is 12.1. The van der Waals surface area contributed by atoms with Crippen LogP contribution in [-0.2, 0) is 59.0 Å². The van der Waals surface area contributed by atoms with Crippen LogP contribution in [0, 0.1) is 29.6 Å². The van der Waals surface area contributed by atoms with Gasteiger partial charge in [-0.15, -0.1) is 0 Å². The number of aliphatic hydroxyl groups is 5. The number of sulfone groups is 1. The summed E-state index contributed by atoms with van der Waals surface area (Å²) in [7, 11) is 3.61. The molecule has 0 spiro atoms. The molecule has 0 bridgehead atoms. The minimum atomic E-state index is -3.29. The largest absolute Gasteiger partial charge is 0.459 e. The van der Waals surface area contributed by atoms with E-state index in [1.165, 1.54) is 20.3 Å². The fraction of sp³-hybridized carbons (Fsp3) is 0.855. The monoisotopic (exact) mass is 1090 g/mol. The summed E-state index contributed by atoms with van der Waals surface area (Å²) in [6.07, 6.45) is -4.81. The molecule has 19 nitrogen and oxygen atoms in total. The van der Waals surface area contributed by atoms with Crippen LogP contribution in [0.3, 0.4) is 0 Å². The number of ether oxygens (including phenoxy) is 7. The van der Waals surface area contributed by atoms with E-state index in [0.717, 1.165) is 5.56 Å². The molecule has 0 aromatic heterocycles. The molecule has 21 atom stereocenters. The first-order chi connectivity index (χ1) is 34.9. The van der Waals surface area contributed by atoms with Gasteiger partial charge in [0.05, 0.1) is 59.1 Å². The SMILES string of the molecule is CC[C@H]1OC(=O)[C@H](C)[C@@H](O[C@H]2C[C@@](C)(OC)[C@@H](O)[C@H](C)O2)[C@H](C)[C@@H](O[C@@H]2O[C@H](C)C[C@H](N(C)CC3C[C@@H]3C(=O)N[C@H](CO)CCCc3ccc(S(C)(=O)=O)cc3)[C@H]2O)[C@](C)(OC)C[C@@H](C)CN(C)[C@H](C)[C@@H](O)[C@]1(C)O. The number of cyclic esters (lactones) is 1. The van der Waals surface area contributed by atoms with E-state index < -0.39 is 118 Å². The number of nitrogens with one attached hydrogen (secondary N) is 1. The quantitative estimate of drug-likeness (QED) is 0.115.